The third-order valence-electron chi connectivity index (χ3n) is 1.72. The Balaban J connectivity index is 3.14. The zero-order valence-corrected chi connectivity index (χ0v) is 9.25. The number of alkyl halides is 3. The van der Waals surface area contributed by atoms with E-state index in [0.717, 1.165) is 6.07 Å². The topological polar surface area (TPSA) is 35.5 Å². The molecular weight excluding hydrogens is 237 g/mol. The number of halogens is 3. The smallest absolute Gasteiger partial charge is 0.486 e. The molecule has 0 heterocycles. The van der Waals surface area contributed by atoms with Crippen molar-refractivity contribution in [1.82, 2.24) is 0 Å². The van der Waals surface area contributed by atoms with Gasteiger partial charge in [-0.3, -0.25) is 4.79 Å². The molecule has 0 aliphatic rings. The molecule has 0 atom stereocenters. The SMILES string of the molecule is CC(C)Oc1c(C=O)cccc1OC(F)(F)F. The molecule has 0 saturated heterocycles. The van der Waals surface area contributed by atoms with Crippen LogP contribution in [0.5, 0.6) is 11.5 Å². The van der Waals surface area contributed by atoms with E-state index in [2.05, 4.69) is 4.74 Å². The summed E-state index contributed by atoms with van der Waals surface area (Å²) in [5, 5.41) is 0. The molecule has 1 aromatic rings. The Labute approximate surface area is 96.1 Å². The molecule has 0 aromatic heterocycles. The standard InChI is InChI=1S/C11H11F3O3/c1-7(2)16-10-8(6-15)4-3-5-9(10)17-11(12,13)14/h3-7H,1-2H3. The minimum atomic E-state index is -4.82. The molecule has 17 heavy (non-hydrogen) atoms. The van der Waals surface area contributed by atoms with Gasteiger partial charge in [-0.2, -0.15) is 0 Å². The maximum absolute atomic E-state index is 12.1. The van der Waals surface area contributed by atoms with Crippen molar-refractivity contribution in [2.75, 3.05) is 0 Å². The Hall–Kier alpha value is -1.72. The van der Waals surface area contributed by atoms with Crippen molar-refractivity contribution < 1.29 is 27.4 Å². The van der Waals surface area contributed by atoms with E-state index in [9.17, 15) is 18.0 Å². The molecule has 0 aliphatic carbocycles. The van der Waals surface area contributed by atoms with Crippen LogP contribution in [-0.4, -0.2) is 18.8 Å². The molecule has 3 nitrogen and oxygen atoms in total. The molecule has 0 spiro atoms. The summed E-state index contributed by atoms with van der Waals surface area (Å²) in [6.45, 7) is 3.28. The highest BCUT2D eigenvalue weighted by Gasteiger charge is 2.33. The Kier molecular flexibility index (Phi) is 3.98. The van der Waals surface area contributed by atoms with Gasteiger partial charge in [-0.05, 0) is 26.0 Å². The molecule has 6 heteroatoms. The molecule has 0 bridgehead atoms. The third kappa shape index (κ3) is 3.97. The number of aldehydes is 1. The van der Waals surface area contributed by atoms with Crippen LogP contribution in [0, 0.1) is 0 Å². The van der Waals surface area contributed by atoms with Gasteiger partial charge in [0.05, 0.1) is 11.7 Å². The fourth-order valence-electron chi connectivity index (χ4n) is 1.19. The molecule has 94 valence electrons. The van der Waals surface area contributed by atoms with Crippen molar-refractivity contribution in [1.29, 1.82) is 0 Å². The Morgan fingerprint density at radius 1 is 1.29 bits per heavy atom. The number of hydrogen-bond donors (Lipinski definition) is 0. The first kappa shape index (κ1) is 13.3. The van der Waals surface area contributed by atoms with Crippen LogP contribution in [0.25, 0.3) is 0 Å². The van der Waals surface area contributed by atoms with E-state index in [-0.39, 0.29) is 17.4 Å². The summed E-state index contributed by atoms with van der Waals surface area (Å²) in [5.74, 6) is -0.717. The maximum Gasteiger partial charge on any atom is 0.573 e. The van der Waals surface area contributed by atoms with Gasteiger partial charge in [-0.25, -0.2) is 0 Å². The van der Waals surface area contributed by atoms with Gasteiger partial charge >= 0.3 is 6.36 Å². The van der Waals surface area contributed by atoms with Crippen molar-refractivity contribution in [3.05, 3.63) is 23.8 Å². The fraction of sp³-hybridized carbons (Fsp3) is 0.364. The van der Waals surface area contributed by atoms with E-state index >= 15 is 0 Å². The van der Waals surface area contributed by atoms with Crippen LogP contribution >= 0.6 is 0 Å². The fourth-order valence-corrected chi connectivity index (χ4v) is 1.19. The van der Waals surface area contributed by atoms with Crippen molar-refractivity contribution in [2.45, 2.75) is 26.3 Å². The average Bonchev–Trinajstić information content (AvgIpc) is 2.17. The zero-order chi connectivity index (χ0) is 13.1. The normalized spacial score (nSPS) is 11.4. The van der Waals surface area contributed by atoms with Crippen LogP contribution < -0.4 is 9.47 Å². The largest absolute Gasteiger partial charge is 0.573 e. The third-order valence-corrected chi connectivity index (χ3v) is 1.72. The number of ether oxygens (including phenoxy) is 2. The number of para-hydroxylation sites is 1. The number of benzene rings is 1. The van der Waals surface area contributed by atoms with Crippen LogP contribution in [0.15, 0.2) is 18.2 Å². The van der Waals surface area contributed by atoms with Crippen molar-refractivity contribution in [2.24, 2.45) is 0 Å². The van der Waals surface area contributed by atoms with E-state index in [1.165, 1.54) is 12.1 Å². The predicted octanol–water partition coefficient (Wildman–Crippen LogP) is 3.18. The zero-order valence-electron chi connectivity index (χ0n) is 9.25. The second-order valence-corrected chi connectivity index (χ2v) is 3.51. The molecule has 0 N–H and O–H groups in total. The summed E-state index contributed by atoms with van der Waals surface area (Å²) < 4.78 is 45.3. The van der Waals surface area contributed by atoms with E-state index < -0.39 is 12.1 Å². The summed E-state index contributed by atoms with van der Waals surface area (Å²) in [4.78, 5) is 10.7. The van der Waals surface area contributed by atoms with E-state index in [1.807, 2.05) is 0 Å². The van der Waals surface area contributed by atoms with Gasteiger partial charge in [0.25, 0.3) is 0 Å². The molecule has 1 aromatic carbocycles. The van der Waals surface area contributed by atoms with Crippen LogP contribution in [0.2, 0.25) is 0 Å². The molecule has 0 unspecified atom stereocenters. The van der Waals surface area contributed by atoms with Gasteiger partial charge in [0.1, 0.15) is 0 Å². The summed E-state index contributed by atoms with van der Waals surface area (Å²) in [6.07, 6.45) is -4.77. The van der Waals surface area contributed by atoms with E-state index in [1.54, 1.807) is 13.8 Å². The first-order valence-corrected chi connectivity index (χ1v) is 4.84. The van der Waals surface area contributed by atoms with Crippen LogP contribution in [0.3, 0.4) is 0 Å². The van der Waals surface area contributed by atoms with Gasteiger partial charge in [0.2, 0.25) is 0 Å². The lowest BCUT2D eigenvalue weighted by atomic mass is 10.2. The van der Waals surface area contributed by atoms with Gasteiger partial charge in [0, 0.05) is 0 Å². The first-order valence-electron chi connectivity index (χ1n) is 4.84. The second-order valence-electron chi connectivity index (χ2n) is 3.51. The molecule has 0 fully saturated rings. The Bertz CT molecular complexity index is 399. The quantitative estimate of drug-likeness (QED) is 0.767. The molecule has 0 radical (unpaired) electrons. The minimum absolute atomic E-state index is 0.0143. The lowest BCUT2D eigenvalue weighted by molar-refractivity contribution is -0.275. The maximum atomic E-state index is 12.1. The summed E-state index contributed by atoms with van der Waals surface area (Å²) in [5.41, 5.74) is 0.0143. The average molecular weight is 248 g/mol. The monoisotopic (exact) mass is 248 g/mol. The Morgan fingerprint density at radius 3 is 2.41 bits per heavy atom. The van der Waals surface area contributed by atoms with E-state index in [4.69, 9.17) is 4.74 Å². The second kappa shape index (κ2) is 5.07. The summed E-state index contributed by atoms with van der Waals surface area (Å²) in [7, 11) is 0. The number of carbonyl (C=O) groups excluding carboxylic acids is 1. The molecular formula is C11H11F3O3. The lowest BCUT2D eigenvalue weighted by Gasteiger charge is -2.17. The molecule has 0 aliphatic heterocycles. The number of hydrogen-bond acceptors (Lipinski definition) is 3. The van der Waals surface area contributed by atoms with Crippen LogP contribution in [0.4, 0.5) is 13.2 Å². The highest BCUT2D eigenvalue weighted by molar-refractivity contribution is 5.81. The number of carbonyl (C=O) groups is 1. The van der Waals surface area contributed by atoms with Crippen molar-refractivity contribution >= 4 is 6.29 Å². The first-order chi connectivity index (χ1) is 7.83. The van der Waals surface area contributed by atoms with Gasteiger partial charge < -0.3 is 9.47 Å². The Morgan fingerprint density at radius 2 is 1.94 bits per heavy atom. The molecule has 1 rings (SSSR count). The van der Waals surface area contributed by atoms with Crippen LogP contribution in [0.1, 0.15) is 24.2 Å². The van der Waals surface area contributed by atoms with Gasteiger partial charge in [-0.15, -0.1) is 13.2 Å². The summed E-state index contributed by atoms with van der Waals surface area (Å²) in [6, 6.07) is 3.74. The predicted molar refractivity (Wildman–Crippen MR) is 54.3 cm³/mol. The highest BCUT2D eigenvalue weighted by Crippen LogP contribution is 2.35. The van der Waals surface area contributed by atoms with Crippen molar-refractivity contribution in [3.8, 4) is 11.5 Å². The van der Waals surface area contributed by atoms with Crippen molar-refractivity contribution in [3.63, 3.8) is 0 Å². The van der Waals surface area contributed by atoms with Gasteiger partial charge in [-0.1, -0.05) is 6.07 Å². The van der Waals surface area contributed by atoms with Crippen LogP contribution in [-0.2, 0) is 0 Å². The number of rotatable bonds is 4. The summed E-state index contributed by atoms with van der Waals surface area (Å²) >= 11 is 0. The minimum Gasteiger partial charge on any atom is -0.486 e. The van der Waals surface area contributed by atoms with E-state index in [0.29, 0.717) is 6.29 Å². The lowest BCUT2D eigenvalue weighted by Crippen LogP contribution is -2.19. The molecule has 0 saturated carbocycles. The highest BCUT2D eigenvalue weighted by atomic mass is 19.4. The van der Waals surface area contributed by atoms with Gasteiger partial charge in [0.15, 0.2) is 17.8 Å². The molecule has 0 amide bonds.